The number of H-pyrrole nitrogens is 1. The Hall–Kier alpha value is -4.38. The molecule has 134 valence electrons. The number of nitrogens with zero attached hydrogens (tertiary/aromatic N) is 5. The summed E-state index contributed by atoms with van der Waals surface area (Å²) in [6, 6.07) is 5.88. The molecule has 0 saturated carbocycles. The van der Waals surface area contributed by atoms with E-state index < -0.39 is 27.4 Å². The zero-order chi connectivity index (χ0) is 20.0. The fourth-order valence-electron chi connectivity index (χ4n) is 3.00. The lowest BCUT2D eigenvalue weighted by molar-refractivity contribution is -0.384. The molecule has 0 spiro atoms. The molecular formula is C16H11N7O4. The number of nitriles is 2. The van der Waals surface area contributed by atoms with Crippen LogP contribution in [0.2, 0.25) is 0 Å². The highest BCUT2D eigenvalue weighted by molar-refractivity contribution is 5.93. The lowest BCUT2D eigenvalue weighted by atomic mass is 9.95. The predicted molar refractivity (Wildman–Crippen MR) is 94.7 cm³/mol. The number of nitro benzene ring substituents is 1. The van der Waals surface area contributed by atoms with Gasteiger partial charge in [-0.1, -0.05) is 0 Å². The van der Waals surface area contributed by atoms with Crippen molar-refractivity contribution in [2.75, 3.05) is 5.73 Å². The van der Waals surface area contributed by atoms with E-state index >= 15 is 0 Å². The molecule has 3 N–H and O–H groups in total. The molecule has 0 saturated heterocycles. The maximum atomic E-state index is 12.1. The minimum atomic E-state index is -0.875. The lowest BCUT2D eigenvalue weighted by Gasteiger charge is -2.10. The van der Waals surface area contributed by atoms with Crippen molar-refractivity contribution in [2.24, 2.45) is 14.1 Å². The first-order chi connectivity index (χ1) is 12.7. The molecule has 11 nitrogen and oxygen atoms in total. The number of nitrogen functional groups attached to an aromatic ring is 1. The Balaban J connectivity index is 2.63. The molecule has 2 heterocycles. The minimum absolute atomic E-state index is 0.153. The number of hydrogen-bond acceptors (Lipinski definition) is 7. The highest BCUT2D eigenvalue weighted by Gasteiger charge is 2.27. The van der Waals surface area contributed by atoms with Gasteiger partial charge in [0, 0.05) is 25.7 Å². The van der Waals surface area contributed by atoms with Crippen molar-refractivity contribution in [3.63, 3.8) is 0 Å². The maximum Gasteiger partial charge on any atom is 0.328 e. The molecule has 11 heteroatoms. The molecule has 0 atom stereocenters. The number of fused-ring (bicyclic) bond motifs is 1. The van der Waals surface area contributed by atoms with Gasteiger partial charge in [0.1, 0.15) is 29.1 Å². The van der Waals surface area contributed by atoms with Crippen LogP contribution >= 0.6 is 0 Å². The number of benzene rings is 1. The molecule has 0 aliphatic rings. The zero-order valence-corrected chi connectivity index (χ0v) is 14.1. The second-order valence-corrected chi connectivity index (χ2v) is 5.73. The van der Waals surface area contributed by atoms with E-state index in [1.54, 1.807) is 12.1 Å². The van der Waals surface area contributed by atoms with Crippen LogP contribution in [0.1, 0.15) is 11.1 Å². The number of nitrogens with two attached hydrogens (primary N) is 1. The van der Waals surface area contributed by atoms with Gasteiger partial charge in [-0.3, -0.25) is 24.0 Å². The van der Waals surface area contributed by atoms with Crippen molar-refractivity contribution in [3.8, 4) is 23.3 Å². The number of anilines is 1. The predicted octanol–water partition coefficient (Wildman–Crippen LogP) is 0.466. The molecule has 0 aliphatic heterocycles. The van der Waals surface area contributed by atoms with Gasteiger partial charge in [0.2, 0.25) is 0 Å². The van der Waals surface area contributed by atoms with Gasteiger partial charge in [0.25, 0.3) is 11.2 Å². The second kappa shape index (κ2) is 5.86. The first kappa shape index (κ1) is 17.4. The second-order valence-electron chi connectivity index (χ2n) is 5.73. The Morgan fingerprint density at radius 2 is 1.67 bits per heavy atom. The van der Waals surface area contributed by atoms with E-state index in [-0.39, 0.29) is 28.0 Å². The summed E-state index contributed by atoms with van der Waals surface area (Å²) < 4.78 is 2.49. The SMILES string of the molecule is Cn1c(=O)n(C)c2cc([N+](=O)[O-])c(-c3c(C#N)c(N)[nH]c(=O)c3C#N)cc21. The molecule has 0 fully saturated rings. The van der Waals surface area contributed by atoms with Gasteiger partial charge < -0.3 is 10.7 Å². The summed E-state index contributed by atoms with van der Waals surface area (Å²) in [6.07, 6.45) is 0. The van der Waals surface area contributed by atoms with E-state index in [1.165, 1.54) is 29.3 Å². The lowest BCUT2D eigenvalue weighted by Crippen LogP contribution is -2.19. The van der Waals surface area contributed by atoms with Crippen molar-refractivity contribution in [2.45, 2.75) is 0 Å². The summed E-state index contributed by atoms with van der Waals surface area (Å²) in [4.78, 5) is 37.4. The van der Waals surface area contributed by atoms with Crippen LogP contribution in [0.15, 0.2) is 21.7 Å². The largest absolute Gasteiger partial charge is 0.384 e. The van der Waals surface area contributed by atoms with Crippen LogP contribution in [-0.2, 0) is 14.1 Å². The third-order valence-electron chi connectivity index (χ3n) is 4.32. The number of nitrogens with one attached hydrogen (secondary N) is 1. The smallest absolute Gasteiger partial charge is 0.328 e. The first-order valence-electron chi connectivity index (χ1n) is 7.43. The number of nitro groups is 1. The fraction of sp³-hybridized carbons (Fsp3) is 0.125. The van der Waals surface area contributed by atoms with Crippen LogP contribution in [0, 0.1) is 32.8 Å². The average Bonchev–Trinajstić information content (AvgIpc) is 2.84. The van der Waals surface area contributed by atoms with E-state index in [2.05, 4.69) is 4.98 Å². The number of aromatic amines is 1. The summed E-state index contributed by atoms with van der Waals surface area (Å²) in [7, 11) is 2.93. The van der Waals surface area contributed by atoms with Gasteiger partial charge in [-0.15, -0.1) is 0 Å². The van der Waals surface area contributed by atoms with Crippen LogP contribution in [0.3, 0.4) is 0 Å². The number of pyridine rings is 1. The van der Waals surface area contributed by atoms with Gasteiger partial charge in [-0.25, -0.2) is 4.79 Å². The Bertz CT molecular complexity index is 1350. The number of hydrogen-bond donors (Lipinski definition) is 2. The fourth-order valence-corrected chi connectivity index (χ4v) is 3.00. The van der Waals surface area contributed by atoms with Crippen molar-refractivity contribution >= 4 is 22.5 Å². The molecule has 3 aromatic rings. The molecule has 1 aromatic carbocycles. The summed E-state index contributed by atoms with van der Waals surface area (Å²) in [5, 5.41) is 30.4. The van der Waals surface area contributed by atoms with E-state index in [0.29, 0.717) is 5.52 Å². The quantitative estimate of drug-likeness (QED) is 0.489. The number of aryl methyl sites for hydroxylation is 2. The van der Waals surface area contributed by atoms with Crippen LogP contribution in [0.4, 0.5) is 11.5 Å². The molecule has 0 amide bonds. The van der Waals surface area contributed by atoms with Gasteiger partial charge >= 0.3 is 5.69 Å². The Morgan fingerprint density at radius 1 is 1.11 bits per heavy atom. The summed E-state index contributed by atoms with van der Waals surface area (Å²) >= 11 is 0. The normalized spacial score (nSPS) is 10.5. The third kappa shape index (κ3) is 2.34. The van der Waals surface area contributed by atoms with E-state index in [4.69, 9.17) is 5.73 Å². The molecule has 0 aliphatic carbocycles. The van der Waals surface area contributed by atoms with Crippen molar-refractivity contribution in [1.82, 2.24) is 14.1 Å². The molecule has 3 rings (SSSR count). The molecule has 0 bridgehead atoms. The highest BCUT2D eigenvalue weighted by Crippen LogP contribution is 2.37. The molecule has 2 aromatic heterocycles. The Labute approximate surface area is 150 Å². The minimum Gasteiger partial charge on any atom is -0.384 e. The molecule has 27 heavy (non-hydrogen) atoms. The summed E-state index contributed by atoms with van der Waals surface area (Å²) in [5.41, 5.74) is 3.38. The molecule has 0 radical (unpaired) electrons. The van der Waals surface area contributed by atoms with E-state index in [1.807, 2.05) is 0 Å². The standard InChI is InChI=1S/C16H11N7O4/c1-21-11-3-7(10(23(26)27)4-12(11)22(2)16(21)25)13-8(5-17)14(19)20-15(24)9(13)6-18/h3-4H,1-2H3,(H3,19,20,24). The first-order valence-corrected chi connectivity index (χ1v) is 7.43. The van der Waals surface area contributed by atoms with E-state index in [0.717, 1.165) is 6.07 Å². The molecular weight excluding hydrogens is 354 g/mol. The van der Waals surface area contributed by atoms with Crippen LogP contribution in [0.5, 0.6) is 0 Å². The maximum absolute atomic E-state index is 12.1. The van der Waals surface area contributed by atoms with Crippen molar-refractivity contribution in [1.29, 1.82) is 10.5 Å². The van der Waals surface area contributed by atoms with Crippen molar-refractivity contribution in [3.05, 3.63) is 54.2 Å². The molecule has 0 unspecified atom stereocenters. The summed E-state index contributed by atoms with van der Waals surface area (Å²) in [5.74, 6) is -0.312. The third-order valence-corrected chi connectivity index (χ3v) is 4.32. The van der Waals surface area contributed by atoms with Crippen LogP contribution in [0.25, 0.3) is 22.2 Å². The zero-order valence-electron chi connectivity index (χ0n) is 14.1. The topological polar surface area (TPSA) is 177 Å². The van der Waals surface area contributed by atoms with Crippen molar-refractivity contribution < 1.29 is 4.92 Å². The average molecular weight is 365 g/mol. The van der Waals surface area contributed by atoms with Crippen LogP contribution in [-0.4, -0.2) is 19.0 Å². The summed E-state index contributed by atoms with van der Waals surface area (Å²) in [6.45, 7) is 0. The Morgan fingerprint density at radius 3 is 2.19 bits per heavy atom. The van der Waals surface area contributed by atoms with Gasteiger partial charge in [-0.2, -0.15) is 10.5 Å². The Kier molecular flexibility index (Phi) is 3.78. The van der Waals surface area contributed by atoms with E-state index in [9.17, 15) is 30.2 Å². The number of rotatable bonds is 2. The van der Waals surface area contributed by atoms with Gasteiger partial charge in [0.05, 0.1) is 21.5 Å². The van der Waals surface area contributed by atoms with Gasteiger partial charge in [0.15, 0.2) is 0 Å². The monoisotopic (exact) mass is 365 g/mol. The number of imidazole rings is 1. The highest BCUT2D eigenvalue weighted by atomic mass is 16.6. The van der Waals surface area contributed by atoms with Crippen LogP contribution < -0.4 is 17.0 Å². The number of aromatic nitrogens is 3. The van der Waals surface area contributed by atoms with Gasteiger partial charge in [-0.05, 0) is 6.07 Å².